The summed E-state index contributed by atoms with van der Waals surface area (Å²) >= 11 is 0. The lowest BCUT2D eigenvalue weighted by molar-refractivity contribution is -0.123. The quantitative estimate of drug-likeness (QED) is 0.140. The van der Waals surface area contributed by atoms with Crippen molar-refractivity contribution in [2.75, 3.05) is 0 Å². The van der Waals surface area contributed by atoms with Crippen LogP contribution in [-0.4, -0.2) is 17.5 Å². The average Bonchev–Trinajstić information content (AvgIpc) is 2.42. The maximum atomic E-state index is 10.6. The Morgan fingerprint density at radius 1 is 1.06 bits per heavy atom. The van der Waals surface area contributed by atoms with Gasteiger partial charge in [-0.05, 0) is 26.2 Å². The molecule has 8 nitrogen and oxygen atoms in total. The van der Waals surface area contributed by atoms with Crippen LogP contribution in [0.25, 0.3) is 0 Å². The van der Waals surface area contributed by atoms with Crippen molar-refractivity contribution in [3.63, 3.8) is 0 Å². The lowest BCUT2D eigenvalue weighted by Crippen LogP contribution is -2.30. The molecular weight excluding hydrogens is 236 g/mol. The SMILES string of the molecule is CCC(C)=NN.NNC(=O)CCCCC(=O)NN. The van der Waals surface area contributed by atoms with E-state index in [0.717, 1.165) is 12.1 Å². The lowest BCUT2D eigenvalue weighted by Gasteiger charge is -1.99. The second-order valence-corrected chi connectivity index (χ2v) is 3.56. The molecular formula is C10H24N6O2. The fourth-order valence-corrected chi connectivity index (χ4v) is 0.807. The molecule has 0 aliphatic rings. The van der Waals surface area contributed by atoms with Gasteiger partial charge in [0.2, 0.25) is 11.8 Å². The van der Waals surface area contributed by atoms with Crippen LogP contribution in [0.4, 0.5) is 0 Å². The van der Waals surface area contributed by atoms with Crippen LogP contribution in [0.2, 0.25) is 0 Å². The van der Waals surface area contributed by atoms with Gasteiger partial charge in [-0.15, -0.1) is 0 Å². The molecule has 0 aromatic rings. The first-order chi connectivity index (χ1) is 8.51. The van der Waals surface area contributed by atoms with Crippen LogP contribution in [0.5, 0.6) is 0 Å². The minimum absolute atomic E-state index is 0.219. The van der Waals surface area contributed by atoms with Gasteiger partial charge >= 0.3 is 0 Å². The van der Waals surface area contributed by atoms with Crippen molar-refractivity contribution in [3.05, 3.63) is 0 Å². The zero-order chi connectivity index (χ0) is 14.4. The molecule has 8 heteroatoms. The Balaban J connectivity index is 0. The van der Waals surface area contributed by atoms with Gasteiger partial charge in [-0.2, -0.15) is 5.10 Å². The molecule has 18 heavy (non-hydrogen) atoms. The maximum Gasteiger partial charge on any atom is 0.233 e. The standard InChI is InChI=1S/C6H14N4O2.C4H10N2/c7-9-5(11)3-1-2-4-6(12)10-8;1-3-4(2)6-5/h1-4,7-8H2,(H,9,11)(H,10,12);3,5H2,1-2H3. The topological polar surface area (TPSA) is 149 Å². The molecule has 0 saturated carbocycles. The number of carbonyl (C=O) groups excluding carboxylic acids is 2. The number of hydrogen-bond acceptors (Lipinski definition) is 6. The second-order valence-electron chi connectivity index (χ2n) is 3.56. The Kier molecular flexibility index (Phi) is 13.9. The molecule has 106 valence electrons. The van der Waals surface area contributed by atoms with E-state index < -0.39 is 0 Å². The molecule has 0 bridgehead atoms. The summed E-state index contributed by atoms with van der Waals surface area (Å²) in [5.74, 6) is 14.1. The third-order valence-electron chi connectivity index (χ3n) is 2.11. The molecule has 0 saturated heterocycles. The largest absolute Gasteiger partial charge is 0.323 e. The highest BCUT2D eigenvalue weighted by atomic mass is 16.2. The predicted octanol–water partition coefficient (Wildman–Crippen LogP) is -0.742. The van der Waals surface area contributed by atoms with Gasteiger partial charge < -0.3 is 5.84 Å². The van der Waals surface area contributed by atoms with Gasteiger partial charge in [0.25, 0.3) is 0 Å². The first kappa shape index (κ1) is 18.7. The van der Waals surface area contributed by atoms with Gasteiger partial charge in [0, 0.05) is 18.6 Å². The molecule has 0 aliphatic heterocycles. The molecule has 0 aromatic heterocycles. The molecule has 8 N–H and O–H groups in total. The summed E-state index contributed by atoms with van der Waals surface area (Å²) in [4.78, 5) is 21.1. The number of hydrazine groups is 2. The molecule has 0 radical (unpaired) electrons. The fraction of sp³-hybridized carbons (Fsp3) is 0.700. The molecule has 0 unspecified atom stereocenters. The smallest absolute Gasteiger partial charge is 0.233 e. The van der Waals surface area contributed by atoms with Crippen LogP contribution < -0.4 is 28.4 Å². The molecule has 0 aliphatic carbocycles. The van der Waals surface area contributed by atoms with Crippen molar-refractivity contribution in [1.82, 2.24) is 10.9 Å². The van der Waals surface area contributed by atoms with E-state index >= 15 is 0 Å². The van der Waals surface area contributed by atoms with E-state index in [1.807, 2.05) is 24.7 Å². The van der Waals surface area contributed by atoms with Gasteiger partial charge in [0.1, 0.15) is 0 Å². The van der Waals surface area contributed by atoms with Crippen LogP contribution in [0.3, 0.4) is 0 Å². The highest BCUT2D eigenvalue weighted by Gasteiger charge is 2.00. The number of rotatable bonds is 6. The van der Waals surface area contributed by atoms with Crippen molar-refractivity contribution in [1.29, 1.82) is 0 Å². The van der Waals surface area contributed by atoms with Gasteiger partial charge in [-0.3, -0.25) is 20.4 Å². The number of hydrazone groups is 1. The summed E-state index contributed by atoms with van der Waals surface area (Å²) in [5.41, 5.74) is 5.00. The highest BCUT2D eigenvalue weighted by molar-refractivity contribution is 5.81. The van der Waals surface area contributed by atoms with Crippen molar-refractivity contribution in [2.45, 2.75) is 46.0 Å². The first-order valence-electron chi connectivity index (χ1n) is 5.74. The van der Waals surface area contributed by atoms with Crippen molar-refractivity contribution >= 4 is 17.5 Å². The van der Waals surface area contributed by atoms with Crippen LogP contribution in [0.15, 0.2) is 5.10 Å². The Bertz CT molecular complexity index is 249. The molecule has 0 spiro atoms. The van der Waals surface area contributed by atoms with E-state index in [-0.39, 0.29) is 11.8 Å². The number of nitrogens with one attached hydrogen (secondary N) is 2. The lowest BCUT2D eigenvalue weighted by atomic mass is 10.2. The van der Waals surface area contributed by atoms with E-state index in [9.17, 15) is 9.59 Å². The maximum absolute atomic E-state index is 10.6. The first-order valence-corrected chi connectivity index (χ1v) is 5.74. The Labute approximate surface area is 107 Å². The fourth-order valence-electron chi connectivity index (χ4n) is 0.807. The number of amides is 2. The van der Waals surface area contributed by atoms with Crippen molar-refractivity contribution in [3.8, 4) is 0 Å². The summed E-state index contributed by atoms with van der Waals surface area (Å²) in [7, 11) is 0. The van der Waals surface area contributed by atoms with Crippen LogP contribution >= 0.6 is 0 Å². The minimum Gasteiger partial charge on any atom is -0.323 e. The number of nitrogens with zero attached hydrogens (tertiary/aromatic N) is 1. The molecule has 2 amide bonds. The number of nitrogens with two attached hydrogens (primary N) is 3. The monoisotopic (exact) mass is 260 g/mol. The normalized spacial score (nSPS) is 10.1. The third-order valence-corrected chi connectivity index (χ3v) is 2.11. The van der Waals surface area contributed by atoms with E-state index in [1.54, 1.807) is 0 Å². The van der Waals surface area contributed by atoms with Crippen LogP contribution in [0.1, 0.15) is 46.0 Å². The van der Waals surface area contributed by atoms with Crippen LogP contribution in [-0.2, 0) is 9.59 Å². The molecule has 0 rings (SSSR count). The summed E-state index contributed by atoms with van der Waals surface area (Å²) in [6.45, 7) is 3.92. The Morgan fingerprint density at radius 3 is 1.61 bits per heavy atom. The Hall–Kier alpha value is -1.67. The van der Waals surface area contributed by atoms with E-state index in [4.69, 9.17) is 17.5 Å². The number of hydrogen-bond donors (Lipinski definition) is 5. The summed E-state index contributed by atoms with van der Waals surface area (Å²) in [6.07, 6.45) is 2.91. The highest BCUT2D eigenvalue weighted by Crippen LogP contribution is 1.98. The summed E-state index contributed by atoms with van der Waals surface area (Å²) in [6, 6.07) is 0. The summed E-state index contributed by atoms with van der Waals surface area (Å²) in [5, 5.41) is 3.42. The van der Waals surface area contributed by atoms with Crippen LogP contribution in [0, 0.1) is 0 Å². The van der Waals surface area contributed by atoms with Crippen molar-refractivity contribution in [2.24, 2.45) is 22.6 Å². The van der Waals surface area contributed by atoms with E-state index in [0.29, 0.717) is 25.7 Å². The van der Waals surface area contributed by atoms with Gasteiger partial charge in [0.15, 0.2) is 0 Å². The minimum atomic E-state index is -0.219. The number of carbonyl (C=O) groups is 2. The molecule has 0 heterocycles. The zero-order valence-electron chi connectivity index (χ0n) is 11.0. The van der Waals surface area contributed by atoms with Crippen molar-refractivity contribution < 1.29 is 9.59 Å². The van der Waals surface area contributed by atoms with E-state index in [1.165, 1.54) is 0 Å². The summed E-state index contributed by atoms with van der Waals surface area (Å²) < 4.78 is 0. The Morgan fingerprint density at radius 2 is 1.44 bits per heavy atom. The van der Waals surface area contributed by atoms with Gasteiger partial charge in [-0.1, -0.05) is 6.92 Å². The molecule has 0 fully saturated rings. The number of unbranched alkanes of at least 4 members (excludes halogenated alkanes) is 1. The molecule has 0 aromatic carbocycles. The average molecular weight is 260 g/mol. The molecule has 0 atom stereocenters. The predicted molar refractivity (Wildman–Crippen MR) is 70.7 cm³/mol. The van der Waals surface area contributed by atoms with E-state index in [2.05, 4.69) is 5.10 Å². The second kappa shape index (κ2) is 13.4. The zero-order valence-corrected chi connectivity index (χ0v) is 11.0. The van der Waals surface area contributed by atoms with Gasteiger partial charge in [0.05, 0.1) is 0 Å². The third kappa shape index (κ3) is 14.3. The van der Waals surface area contributed by atoms with Gasteiger partial charge in [-0.25, -0.2) is 11.7 Å².